The van der Waals surface area contributed by atoms with Crippen LogP contribution in [0.4, 0.5) is 5.69 Å². The molecule has 0 aliphatic carbocycles. The van der Waals surface area contributed by atoms with Crippen LogP contribution < -0.4 is 5.32 Å². The zero-order valence-corrected chi connectivity index (χ0v) is 24.2. The molecule has 1 spiro atoms. The Morgan fingerprint density at radius 1 is 1.00 bits per heavy atom. The van der Waals surface area contributed by atoms with Crippen molar-refractivity contribution >= 4 is 21.6 Å². The number of nitrogens with zero attached hydrogens (tertiary/aromatic N) is 2. The Bertz CT molecular complexity index is 1410. The quantitative estimate of drug-likeness (QED) is 0.433. The molecule has 8 heteroatoms. The molecule has 2 aliphatic heterocycles. The molecular weight excluding hydrogens is 522 g/mol. The number of anilines is 1. The minimum Gasteiger partial charge on any atom is -0.371 e. The van der Waals surface area contributed by atoms with Gasteiger partial charge in [0.2, 0.25) is 15.9 Å². The van der Waals surface area contributed by atoms with Crippen LogP contribution in [0.15, 0.2) is 83.8 Å². The average molecular weight is 562 g/mol. The van der Waals surface area contributed by atoms with Gasteiger partial charge >= 0.3 is 0 Å². The van der Waals surface area contributed by atoms with Crippen molar-refractivity contribution in [1.29, 1.82) is 0 Å². The number of piperidine rings is 1. The first-order valence-electron chi connectivity index (χ1n) is 14.1. The molecule has 0 saturated carbocycles. The van der Waals surface area contributed by atoms with E-state index in [4.69, 9.17) is 4.74 Å². The molecule has 0 bridgehead atoms. The summed E-state index contributed by atoms with van der Waals surface area (Å²) in [5.74, 6) is -0.0696. The molecule has 0 aromatic heterocycles. The highest BCUT2D eigenvalue weighted by Gasteiger charge is 2.47. The lowest BCUT2D eigenvalue weighted by Crippen LogP contribution is -2.64. The molecule has 3 aromatic rings. The number of nitrogens with one attached hydrogen (secondary N) is 1. The Labute approximate surface area is 238 Å². The van der Waals surface area contributed by atoms with Gasteiger partial charge in [0.1, 0.15) is 0 Å². The second-order valence-corrected chi connectivity index (χ2v) is 13.0. The molecule has 2 heterocycles. The summed E-state index contributed by atoms with van der Waals surface area (Å²) in [6, 6.07) is 24.6. The Morgan fingerprint density at radius 3 is 2.48 bits per heavy atom. The van der Waals surface area contributed by atoms with E-state index in [0.717, 1.165) is 48.2 Å². The maximum atomic E-state index is 14.0. The first-order chi connectivity index (χ1) is 19.3. The van der Waals surface area contributed by atoms with Crippen molar-refractivity contribution in [2.75, 3.05) is 38.1 Å². The van der Waals surface area contributed by atoms with Crippen LogP contribution in [0.5, 0.6) is 0 Å². The number of rotatable bonds is 8. The minimum atomic E-state index is -3.76. The monoisotopic (exact) mass is 561 g/mol. The molecule has 1 N–H and O–H groups in total. The van der Waals surface area contributed by atoms with Gasteiger partial charge in [-0.1, -0.05) is 73.2 Å². The van der Waals surface area contributed by atoms with Crippen LogP contribution in [0.25, 0.3) is 0 Å². The van der Waals surface area contributed by atoms with Gasteiger partial charge in [0, 0.05) is 18.8 Å². The van der Waals surface area contributed by atoms with Gasteiger partial charge in [0.25, 0.3) is 0 Å². The summed E-state index contributed by atoms with van der Waals surface area (Å²) < 4.78 is 36.3. The standard InChI is InChI=1S/C32H39N3O4S/c1-3-27-12-7-8-13-30(27)33-31(36)21-34-19-9-18-32(23-34)24-35(40(37,38)29-16-14-25(2)15-17-29)28(22-39-32)20-26-10-5-4-6-11-26/h4-8,10-17,28H,3,9,18-24H2,1-2H3,(H,33,36)/t28-,32+/m0/s1. The molecule has 2 atom stereocenters. The van der Waals surface area contributed by atoms with Gasteiger partial charge in [0.15, 0.2) is 0 Å². The fourth-order valence-electron chi connectivity index (χ4n) is 5.90. The fraction of sp³-hybridized carbons (Fsp3) is 0.406. The highest BCUT2D eigenvalue weighted by atomic mass is 32.2. The number of likely N-dealkylation sites (tertiary alicyclic amines) is 1. The highest BCUT2D eigenvalue weighted by Crippen LogP contribution is 2.35. The van der Waals surface area contributed by atoms with Gasteiger partial charge in [0.05, 0.1) is 29.7 Å². The van der Waals surface area contributed by atoms with E-state index in [1.165, 1.54) is 0 Å². The molecule has 40 heavy (non-hydrogen) atoms. The van der Waals surface area contributed by atoms with Crippen molar-refractivity contribution in [3.05, 3.63) is 95.6 Å². The Kier molecular flexibility index (Phi) is 8.71. The van der Waals surface area contributed by atoms with Crippen molar-refractivity contribution in [2.24, 2.45) is 0 Å². The van der Waals surface area contributed by atoms with E-state index in [1.54, 1.807) is 16.4 Å². The summed E-state index contributed by atoms with van der Waals surface area (Å²) >= 11 is 0. The van der Waals surface area contributed by atoms with Crippen molar-refractivity contribution in [1.82, 2.24) is 9.21 Å². The highest BCUT2D eigenvalue weighted by molar-refractivity contribution is 7.89. The smallest absolute Gasteiger partial charge is 0.243 e. The van der Waals surface area contributed by atoms with Gasteiger partial charge in [-0.3, -0.25) is 9.69 Å². The van der Waals surface area contributed by atoms with Crippen LogP contribution in [0.3, 0.4) is 0 Å². The first-order valence-corrected chi connectivity index (χ1v) is 15.6. The van der Waals surface area contributed by atoms with Crippen molar-refractivity contribution in [2.45, 2.75) is 56.1 Å². The van der Waals surface area contributed by atoms with E-state index in [1.807, 2.05) is 73.7 Å². The molecule has 7 nitrogen and oxygen atoms in total. The number of benzene rings is 3. The molecule has 2 aliphatic rings. The number of carbonyl (C=O) groups excluding carboxylic acids is 1. The third kappa shape index (κ3) is 6.47. The Morgan fingerprint density at radius 2 is 1.73 bits per heavy atom. The largest absolute Gasteiger partial charge is 0.371 e. The van der Waals surface area contributed by atoms with Gasteiger partial charge in [-0.15, -0.1) is 0 Å². The third-order valence-corrected chi connectivity index (χ3v) is 9.95. The van der Waals surface area contributed by atoms with Gasteiger partial charge in [-0.05, 0) is 68.5 Å². The van der Waals surface area contributed by atoms with Crippen LogP contribution in [-0.4, -0.2) is 68.0 Å². The van der Waals surface area contributed by atoms with Crippen LogP contribution >= 0.6 is 0 Å². The van der Waals surface area contributed by atoms with E-state index in [-0.39, 0.29) is 25.0 Å². The number of hydrogen-bond donors (Lipinski definition) is 1. The van der Waals surface area contributed by atoms with Crippen LogP contribution in [0, 0.1) is 6.92 Å². The number of ether oxygens (including phenoxy) is 1. The molecule has 2 saturated heterocycles. The van der Waals surface area contributed by atoms with Crippen LogP contribution in [0.1, 0.15) is 36.5 Å². The minimum absolute atomic E-state index is 0.0696. The zero-order chi connectivity index (χ0) is 28.2. The summed E-state index contributed by atoms with van der Waals surface area (Å²) in [6.07, 6.45) is 3.00. The molecule has 3 aromatic carbocycles. The summed E-state index contributed by atoms with van der Waals surface area (Å²) in [4.78, 5) is 15.4. The lowest BCUT2D eigenvalue weighted by atomic mass is 9.90. The molecule has 0 radical (unpaired) electrons. The fourth-order valence-corrected chi connectivity index (χ4v) is 7.59. The Balaban J connectivity index is 1.34. The van der Waals surface area contributed by atoms with E-state index in [9.17, 15) is 13.2 Å². The zero-order valence-electron chi connectivity index (χ0n) is 23.4. The number of carbonyl (C=O) groups is 1. The van der Waals surface area contributed by atoms with E-state index >= 15 is 0 Å². The number of sulfonamides is 1. The average Bonchev–Trinajstić information content (AvgIpc) is 2.95. The maximum absolute atomic E-state index is 14.0. The predicted octanol–water partition coefficient (Wildman–Crippen LogP) is 4.66. The molecular formula is C32H39N3O4S. The van der Waals surface area contributed by atoms with Crippen LogP contribution in [0.2, 0.25) is 0 Å². The Hall–Kier alpha value is -3.04. The van der Waals surface area contributed by atoms with E-state index in [0.29, 0.717) is 24.5 Å². The second-order valence-electron chi connectivity index (χ2n) is 11.1. The number of para-hydroxylation sites is 1. The molecule has 2 fully saturated rings. The lowest BCUT2D eigenvalue weighted by molar-refractivity contribution is -0.144. The van der Waals surface area contributed by atoms with Gasteiger partial charge in [-0.25, -0.2) is 8.42 Å². The van der Waals surface area contributed by atoms with Gasteiger partial charge in [-0.2, -0.15) is 4.31 Å². The van der Waals surface area contributed by atoms with Crippen LogP contribution in [-0.2, 0) is 32.4 Å². The third-order valence-electron chi connectivity index (χ3n) is 8.03. The number of amides is 1. The lowest BCUT2D eigenvalue weighted by Gasteiger charge is -2.50. The van der Waals surface area contributed by atoms with Gasteiger partial charge < -0.3 is 10.1 Å². The normalized spacial score (nSPS) is 22.3. The molecule has 0 unspecified atom stereocenters. The topological polar surface area (TPSA) is 79.0 Å². The van der Waals surface area contributed by atoms with E-state index < -0.39 is 15.6 Å². The summed E-state index contributed by atoms with van der Waals surface area (Å²) in [5.41, 5.74) is 3.37. The van der Waals surface area contributed by atoms with Crippen molar-refractivity contribution in [3.63, 3.8) is 0 Å². The van der Waals surface area contributed by atoms with Crippen molar-refractivity contribution in [3.8, 4) is 0 Å². The number of morpholine rings is 1. The number of hydrogen-bond acceptors (Lipinski definition) is 5. The first kappa shape index (κ1) is 28.5. The van der Waals surface area contributed by atoms with E-state index in [2.05, 4.69) is 17.1 Å². The summed E-state index contributed by atoms with van der Waals surface area (Å²) in [5, 5.41) is 3.07. The summed E-state index contributed by atoms with van der Waals surface area (Å²) in [6.45, 7) is 6.11. The SMILES string of the molecule is CCc1ccccc1NC(=O)CN1CCC[C@@]2(C1)CN(S(=O)(=O)c1ccc(C)cc1)[C@@H](Cc1ccccc1)CO2. The number of aryl methyl sites for hydroxylation is 2. The molecule has 212 valence electrons. The second kappa shape index (κ2) is 12.2. The summed E-state index contributed by atoms with van der Waals surface area (Å²) in [7, 11) is -3.76. The predicted molar refractivity (Wildman–Crippen MR) is 158 cm³/mol. The maximum Gasteiger partial charge on any atom is 0.243 e. The van der Waals surface area contributed by atoms with Crippen molar-refractivity contribution < 1.29 is 17.9 Å². The molecule has 5 rings (SSSR count). The molecule has 1 amide bonds.